The van der Waals surface area contributed by atoms with E-state index in [0.29, 0.717) is 53.1 Å². The van der Waals surface area contributed by atoms with E-state index >= 15 is 0 Å². The SMILES string of the molecule is COc1ccc(CCn2cnc3cc(N/C(=N/C4CCC(F)(F)CC4)N4CCN[C@@H](C)C4)ccc3c2=O)c(F)c1. The number of benzene rings is 2. The Balaban J connectivity index is 1.34. The molecule has 1 aromatic heterocycles. The number of nitrogens with one attached hydrogen (secondary N) is 2. The zero-order chi connectivity index (χ0) is 28.3. The van der Waals surface area contributed by atoms with E-state index in [4.69, 9.17) is 9.73 Å². The molecule has 0 radical (unpaired) electrons. The number of aryl methyl sites for hydroxylation is 2. The van der Waals surface area contributed by atoms with Crippen LogP contribution < -0.4 is 20.9 Å². The highest BCUT2D eigenvalue weighted by atomic mass is 19.3. The van der Waals surface area contributed by atoms with Crippen LogP contribution in [0.3, 0.4) is 0 Å². The van der Waals surface area contributed by atoms with Gasteiger partial charge in [-0.3, -0.25) is 9.36 Å². The maximum atomic E-state index is 14.3. The van der Waals surface area contributed by atoms with Gasteiger partial charge in [0, 0.05) is 56.8 Å². The molecule has 5 rings (SSSR count). The first-order chi connectivity index (χ1) is 19.2. The molecule has 2 aromatic carbocycles. The molecule has 11 heteroatoms. The van der Waals surface area contributed by atoms with Crippen molar-refractivity contribution in [2.45, 2.75) is 63.6 Å². The highest BCUT2D eigenvalue weighted by Crippen LogP contribution is 2.34. The molecular weight excluding hydrogens is 521 g/mol. The second-order valence-electron chi connectivity index (χ2n) is 10.6. The Morgan fingerprint density at radius 2 is 2.02 bits per heavy atom. The summed E-state index contributed by atoms with van der Waals surface area (Å²) in [5, 5.41) is 7.25. The maximum absolute atomic E-state index is 14.3. The number of rotatable bonds is 6. The van der Waals surface area contributed by atoms with Gasteiger partial charge in [0.2, 0.25) is 5.92 Å². The third-order valence-corrected chi connectivity index (χ3v) is 7.62. The quantitative estimate of drug-likeness (QED) is 0.346. The third kappa shape index (κ3) is 6.57. The predicted molar refractivity (Wildman–Crippen MR) is 150 cm³/mol. The molecule has 1 atom stereocenters. The molecule has 3 aromatic rings. The number of nitrogens with zero attached hydrogens (tertiary/aromatic N) is 4. The summed E-state index contributed by atoms with van der Waals surface area (Å²) in [6.45, 7) is 4.65. The largest absolute Gasteiger partial charge is 0.497 e. The molecule has 1 saturated heterocycles. The van der Waals surface area contributed by atoms with Crippen LogP contribution >= 0.6 is 0 Å². The van der Waals surface area contributed by atoms with E-state index < -0.39 is 5.92 Å². The second-order valence-corrected chi connectivity index (χ2v) is 10.6. The number of guanidine groups is 1. The third-order valence-electron chi connectivity index (χ3n) is 7.62. The number of piperazine rings is 1. The molecule has 40 heavy (non-hydrogen) atoms. The lowest BCUT2D eigenvalue weighted by molar-refractivity contribution is -0.0374. The van der Waals surface area contributed by atoms with Crippen LogP contribution in [0.25, 0.3) is 10.9 Å². The Hall–Kier alpha value is -3.60. The summed E-state index contributed by atoms with van der Waals surface area (Å²) in [5.74, 6) is -1.90. The van der Waals surface area contributed by atoms with Gasteiger partial charge >= 0.3 is 0 Å². The van der Waals surface area contributed by atoms with Crippen molar-refractivity contribution in [3.8, 4) is 5.75 Å². The monoisotopic (exact) mass is 556 g/mol. The van der Waals surface area contributed by atoms with E-state index in [9.17, 15) is 18.0 Å². The summed E-state index contributed by atoms with van der Waals surface area (Å²) < 4.78 is 48.3. The molecule has 1 aliphatic carbocycles. The minimum absolute atomic E-state index is 0.149. The van der Waals surface area contributed by atoms with E-state index in [2.05, 4.69) is 27.4 Å². The van der Waals surface area contributed by atoms with E-state index in [1.54, 1.807) is 30.3 Å². The van der Waals surface area contributed by atoms with Gasteiger partial charge in [-0.25, -0.2) is 23.1 Å². The number of alkyl halides is 2. The molecule has 2 fully saturated rings. The minimum Gasteiger partial charge on any atom is -0.497 e. The van der Waals surface area contributed by atoms with Gasteiger partial charge in [0.15, 0.2) is 5.96 Å². The fraction of sp³-hybridized carbons (Fsp3) is 0.483. The molecule has 2 aliphatic rings. The van der Waals surface area contributed by atoms with Crippen molar-refractivity contribution < 1.29 is 17.9 Å². The van der Waals surface area contributed by atoms with Crippen molar-refractivity contribution in [2.24, 2.45) is 4.99 Å². The van der Waals surface area contributed by atoms with E-state index in [0.717, 1.165) is 19.6 Å². The van der Waals surface area contributed by atoms with Crippen LogP contribution in [-0.4, -0.2) is 65.2 Å². The number of aromatic nitrogens is 2. The summed E-state index contributed by atoms with van der Waals surface area (Å²) in [4.78, 5) is 24.7. The molecule has 0 spiro atoms. The zero-order valence-electron chi connectivity index (χ0n) is 22.8. The Labute approximate surface area is 231 Å². The van der Waals surface area contributed by atoms with E-state index in [-0.39, 0.29) is 42.8 Å². The summed E-state index contributed by atoms with van der Waals surface area (Å²) >= 11 is 0. The van der Waals surface area contributed by atoms with Gasteiger partial charge in [0.1, 0.15) is 11.6 Å². The first kappa shape index (κ1) is 27.9. The number of aliphatic imine (C=N–C) groups is 1. The molecule has 0 unspecified atom stereocenters. The Kier molecular flexibility index (Phi) is 8.30. The normalized spacial score (nSPS) is 20.1. The number of hydrogen-bond donors (Lipinski definition) is 2. The molecule has 2 heterocycles. The molecule has 214 valence electrons. The van der Waals surface area contributed by atoms with Crippen LogP contribution in [0.1, 0.15) is 38.2 Å². The first-order valence-corrected chi connectivity index (χ1v) is 13.7. The van der Waals surface area contributed by atoms with E-state index in [1.165, 1.54) is 24.1 Å². The highest BCUT2D eigenvalue weighted by Gasteiger charge is 2.35. The Morgan fingerprint density at radius 1 is 1.23 bits per heavy atom. The van der Waals surface area contributed by atoms with Gasteiger partial charge in [0.25, 0.3) is 5.56 Å². The molecule has 2 N–H and O–H groups in total. The Bertz CT molecular complexity index is 1430. The second kappa shape index (κ2) is 11.9. The van der Waals surface area contributed by atoms with Crippen molar-refractivity contribution in [1.82, 2.24) is 19.8 Å². The lowest BCUT2D eigenvalue weighted by Gasteiger charge is -2.35. The number of methoxy groups -OCH3 is 1. The topological polar surface area (TPSA) is 83.8 Å². The number of halogens is 3. The average Bonchev–Trinajstić information content (AvgIpc) is 2.94. The molecular formula is C29H35F3N6O2. The van der Waals surface area contributed by atoms with E-state index in [1.807, 2.05) is 0 Å². The van der Waals surface area contributed by atoms with Crippen molar-refractivity contribution in [2.75, 3.05) is 32.1 Å². The van der Waals surface area contributed by atoms with Gasteiger partial charge in [-0.05, 0) is 56.0 Å². The van der Waals surface area contributed by atoms with Crippen LogP contribution in [0.4, 0.5) is 18.9 Å². The van der Waals surface area contributed by atoms with Gasteiger partial charge in [-0.1, -0.05) is 6.07 Å². The van der Waals surface area contributed by atoms with Crippen molar-refractivity contribution in [1.29, 1.82) is 0 Å². The fourth-order valence-corrected chi connectivity index (χ4v) is 5.27. The van der Waals surface area contributed by atoms with Crippen molar-refractivity contribution in [3.05, 3.63) is 64.5 Å². The summed E-state index contributed by atoms with van der Waals surface area (Å²) in [5.41, 5.74) is 1.51. The number of anilines is 1. The smallest absolute Gasteiger partial charge is 0.261 e. The molecule has 0 bridgehead atoms. The fourth-order valence-electron chi connectivity index (χ4n) is 5.27. The summed E-state index contributed by atoms with van der Waals surface area (Å²) in [6, 6.07) is 10.1. The van der Waals surface area contributed by atoms with Gasteiger partial charge in [0.05, 0.1) is 30.4 Å². The van der Waals surface area contributed by atoms with Crippen LogP contribution in [0, 0.1) is 5.82 Å². The molecule has 1 saturated carbocycles. The predicted octanol–water partition coefficient (Wildman–Crippen LogP) is 4.43. The number of ether oxygens (including phenoxy) is 1. The maximum Gasteiger partial charge on any atom is 0.261 e. The van der Waals surface area contributed by atoms with Gasteiger partial charge < -0.3 is 20.3 Å². The lowest BCUT2D eigenvalue weighted by atomic mass is 9.93. The van der Waals surface area contributed by atoms with Gasteiger partial charge in [-0.2, -0.15) is 0 Å². The number of hydrogen-bond acceptors (Lipinski definition) is 5. The van der Waals surface area contributed by atoms with Gasteiger partial charge in [-0.15, -0.1) is 0 Å². The Morgan fingerprint density at radius 3 is 2.75 bits per heavy atom. The summed E-state index contributed by atoms with van der Waals surface area (Å²) in [7, 11) is 1.48. The standard InChI is InChI=1S/C29H35F3N6O2/c1-19-17-37(14-12-33-19)28(35-21-7-10-29(31,32)11-8-21)36-22-4-6-24-26(15-22)34-18-38(27(24)39)13-9-20-3-5-23(40-2)16-25(20)30/h3-6,15-16,18-19,21,33H,7-14,17H2,1-2H3,(H,35,36)/t19-/m0/s1. The zero-order valence-corrected chi connectivity index (χ0v) is 22.8. The van der Waals surface area contributed by atoms with Crippen LogP contribution in [0.15, 0.2) is 52.5 Å². The summed E-state index contributed by atoms with van der Waals surface area (Å²) in [6.07, 6.45) is 2.20. The number of fused-ring (bicyclic) bond motifs is 1. The van der Waals surface area contributed by atoms with Crippen LogP contribution in [0.2, 0.25) is 0 Å². The van der Waals surface area contributed by atoms with Crippen molar-refractivity contribution >= 4 is 22.5 Å². The minimum atomic E-state index is -2.61. The molecule has 8 nitrogen and oxygen atoms in total. The average molecular weight is 557 g/mol. The lowest BCUT2D eigenvalue weighted by Crippen LogP contribution is -2.53. The van der Waals surface area contributed by atoms with Crippen LogP contribution in [0.5, 0.6) is 5.75 Å². The highest BCUT2D eigenvalue weighted by molar-refractivity contribution is 5.96. The molecule has 0 amide bonds. The first-order valence-electron chi connectivity index (χ1n) is 13.7. The van der Waals surface area contributed by atoms with Crippen molar-refractivity contribution in [3.63, 3.8) is 0 Å². The molecule has 1 aliphatic heterocycles. The van der Waals surface area contributed by atoms with Crippen LogP contribution in [-0.2, 0) is 13.0 Å².